The fourth-order valence-electron chi connectivity index (χ4n) is 2.32. The van der Waals surface area contributed by atoms with Crippen LogP contribution >= 0.6 is 0 Å². The minimum absolute atomic E-state index is 0.0925. The molecule has 0 amide bonds. The molecule has 0 radical (unpaired) electrons. The zero-order chi connectivity index (χ0) is 18.2. The van der Waals surface area contributed by atoms with E-state index in [9.17, 15) is 8.42 Å². The van der Waals surface area contributed by atoms with Crippen LogP contribution in [-0.2, 0) is 16.6 Å². The van der Waals surface area contributed by atoms with Gasteiger partial charge in [0.15, 0.2) is 5.82 Å². The molecule has 136 valence electrons. The van der Waals surface area contributed by atoms with Gasteiger partial charge in [-0.25, -0.2) is 23.1 Å². The van der Waals surface area contributed by atoms with Crippen molar-refractivity contribution in [3.05, 3.63) is 61.3 Å². The number of aromatic nitrogens is 4. The third-order valence-corrected chi connectivity index (χ3v) is 4.89. The summed E-state index contributed by atoms with van der Waals surface area (Å²) in [4.78, 5) is 12.5. The second-order valence-corrected chi connectivity index (χ2v) is 7.34. The van der Waals surface area contributed by atoms with Crippen LogP contribution in [0.5, 0.6) is 5.75 Å². The quantitative estimate of drug-likeness (QED) is 0.608. The van der Waals surface area contributed by atoms with Gasteiger partial charge in [-0.15, -0.1) is 0 Å². The van der Waals surface area contributed by atoms with Crippen molar-refractivity contribution in [2.45, 2.75) is 6.54 Å². The maximum Gasteiger partial charge on any atom is 0.215 e. The average Bonchev–Trinajstić information content (AvgIpc) is 3.11. The number of hydrogen-bond acceptors (Lipinski definition) is 6. The Morgan fingerprint density at radius 3 is 2.69 bits per heavy atom. The van der Waals surface area contributed by atoms with Crippen molar-refractivity contribution in [3.8, 4) is 17.3 Å². The number of sulfonamides is 1. The highest BCUT2D eigenvalue weighted by molar-refractivity contribution is 7.89. The van der Waals surface area contributed by atoms with Gasteiger partial charge in [0.1, 0.15) is 18.1 Å². The first kappa shape index (κ1) is 18.0. The molecule has 1 N–H and O–H groups in total. The van der Waals surface area contributed by atoms with Gasteiger partial charge in [-0.3, -0.25) is 4.98 Å². The van der Waals surface area contributed by atoms with Crippen LogP contribution in [0.2, 0.25) is 0 Å². The second kappa shape index (κ2) is 8.54. The van der Waals surface area contributed by atoms with E-state index in [0.717, 1.165) is 0 Å². The summed E-state index contributed by atoms with van der Waals surface area (Å²) in [5.41, 5.74) is 0.636. The molecule has 1 aromatic carbocycles. The molecule has 0 saturated carbocycles. The van der Waals surface area contributed by atoms with Gasteiger partial charge in [0.25, 0.3) is 0 Å². The maximum absolute atomic E-state index is 12.1. The van der Waals surface area contributed by atoms with Crippen LogP contribution < -0.4 is 9.46 Å². The SMILES string of the molecule is O=S(=O)(CCOc1ccccc1)NCCn1ccnc1-c1cnccn1. The molecule has 9 heteroatoms. The van der Waals surface area contributed by atoms with Gasteiger partial charge in [0, 0.05) is 37.9 Å². The molecule has 0 spiro atoms. The number of ether oxygens (including phenoxy) is 1. The Morgan fingerprint density at radius 2 is 1.92 bits per heavy atom. The number of hydrogen-bond donors (Lipinski definition) is 1. The van der Waals surface area contributed by atoms with Gasteiger partial charge in [0.05, 0.1) is 11.9 Å². The summed E-state index contributed by atoms with van der Waals surface area (Å²) in [5.74, 6) is 1.18. The topological polar surface area (TPSA) is 99.0 Å². The Bertz CT molecular complexity index is 914. The fraction of sp³-hybridized carbons (Fsp3) is 0.235. The van der Waals surface area contributed by atoms with Crippen molar-refractivity contribution in [2.75, 3.05) is 18.9 Å². The Labute approximate surface area is 152 Å². The Morgan fingerprint density at radius 1 is 1.08 bits per heavy atom. The standard InChI is InChI=1S/C17H19N5O3S/c23-26(24,13-12-25-15-4-2-1-3-5-15)21-9-11-22-10-8-20-17(22)16-14-18-6-7-19-16/h1-8,10,14,21H,9,11-13H2. The largest absolute Gasteiger partial charge is 0.492 e. The Kier molecular flexibility index (Phi) is 5.92. The highest BCUT2D eigenvalue weighted by Crippen LogP contribution is 2.12. The first-order valence-corrected chi connectivity index (χ1v) is 9.72. The van der Waals surface area contributed by atoms with Crippen LogP contribution in [0.15, 0.2) is 61.3 Å². The van der Waals surface area contributed by atoms with Gasteiger partial charge in [-0.2, -0.15) is 0 Å². The van der Waals surface area contributed by atoms with E-state index in [1.807, 2.05) is 22.8 Å². The summed E-state index contributed by atoms with van der Waals surface area (Å²) in [6.45, 7) is 0.775. The maximum atomic E-state index is 12.1. The van der Waals surface area contributed by atoms with Gasteiger partial charge in [-0.1, -0.05) is 18.2 Å². The van der Waals surface area contributed by atoms with Gasteiger partial charge < -0.3 is 9.30 Å². The number of nitrogens with zero attached hydrogens (tertiary/aromatic N) is 4. The molecule has 0 aliphatic rings. The van der Waals surface area contributed by atoms with Crippen LogP contribution in [0.3, 0.4) is 0 Å². The monoisotopic (exact) mass is 373 g/mol. The fourth-order valence-corrected chi connectivity index (χ4v) is 3.17. The lowest BCUT2D eigenvalue weighted by atomic mass is 10.3. The summed E-state index contributed by atoms with van der Waals surface area (Å²) in [5, 5.41) is 0. The van der Waals surface area contributed by atoms with Crippen LogP contribution in [0.1, 0.15) is 0 Å². The summed E-state index contributed by atoms with van der Waals surface area (Å²) in [7, 11) is -3.42. The first-order valence-electron chi connectivity index (χ1n) is 8.07. The smallest absolute Gasteiger partial charge is 0.215 e. The second-order valence-electron chi connectivity index (χ2n) is 5.41. The van der Waals surface area contributed by atoms with E-state index < -0.39 is 10.0 Å². The van der Waals surface area contributed by atoms with E-state index in [4.69, 9.17) is 4.74 Å². The van der Waals surface area contributed by atoms with E-state index >= 15 is 0 Å². The van der Waals surface area contributed by atoms with Crippen molar-refractivity contribution < 1.29 is 13.2 Å². The number of rotatable bonds is 9. The van der Waals surface area contributed by atoms with Crippen LogP contribution in [0.4, 0.5) is 0 Å². The van der Waals surface area contributed by atoms with Gasteiger partial charge in [0.2, 0.25) is 10.0 Å². The lowest BCUT2D eigenvalue weighted by Crippen LogP contribution is -2.31. The molecule has 0 atom stereocenters. The predicted molar refractivity (Wildman–Crippen MR) is 97.0 cm³/mol. The zero-order valence-corrected chi connectivity index (χ0v) is 14.8. The molecule has 2 aromatic heterocycles. The molecule has 2 heterocycles. The number of benzene rings is 1. The van der Waals surface area contributed by atoms with E-state index in [-0.39, 0.29) is 18.9 Å². The third kappa shape index (κ3) is 5.11. The lowest BCUT2D eigenvalue weighted by Gasteiger charge is -2.10. The highest BCUT2D eigenvalue weighted by atomic mass is 32.2. The van der Waals surface area contributed by atoms with Crippen molar-refractivity contribution in [3.63, 3.8) is 0 Å². The molecular weight excluding hydrogens is 354 g/mol. The van der Waals surface area contributed by atoms with Crippen molar-refractivity contribution in [2.24, 2.45) is 0 Å². The minimum atomic E-state index is -3.42. The third-order valence-electron chi connectivity index (χ3n) is 3.55. The van der Waals surface area contributed by atoms with E-state index in [0.29, 0.717) is 23.8 Å². The lowest BCUT2D eigenvalue weighted by molar-refractivity contribution is 0.340. The summed E-state index contributed by atoms with van der Waals surface area (Å²) in [6, 6.07) is 9.11. The highest BCUT2D eigenvalue weighted by Gasteiger charge is 2.12. The Hall–Kier alpha value is -2.78. The number of imidazole rings is 1. The van der Waals surface area contributed by atoms with Crippen molar-refractivity contribution >= 4 is 10.0 Å². The van der Waals surface area contributed by atoms with Crippen LogP contribution in [0.25, 0.3) is 11.5 Å². The number of nitrogens with one attached hydrogen (secondary N) is 1. The predicted octanol–water partition coefficient (Wildman–Crippen LogP) is 1.34. The van der Waals surface area contributed by atoms with Crippen LogP contribution in [0, 0.1) is 0 Å². The number of para-hydroxylation sites is 1. The van der Waals surface area contributed by atoms with E-state index in [1.54, 1.807) is 43.1 Å². The molecule has 0 bridgehead atoms. The minimum Gasteiger partial charge on any atom is -0.492 e. The molecule has 8 nitrogen and oxygen atoms in total. The first-order chi connectivity index (χ1) is 12.6. The van der Waals surface area contributed by atoms with Crippen molar-refractivity contribution in [1.82, 2.24) is 24.2 Å². The molecule has 3 rings (SSSR count). The molecule has 26 heavy (non-hydrogen) atoms. The molecule has 0 unspecified atom stereocenters. The summed E-state index contributed by atoms with van der Waals surface area (Å²) in [6.07, 6.45) is 8.21. The Balaban J connectivity index is 1.48. The molecule has 0 aliphatic heterocycles. The van der Waals surface area contributed by atoms with Gasteiger partial charge >= 0.3 is 0 Å². The van der Waals surface area contributed by atoms with Gasteiger partial charge in [-0.05, 0) is 12.1 Å². The van der Waals surface area contributed by atoms with E-state index in [1.165, 1.54) is 0 Å². The van der Waals surface area contributed by atoms with E-state index in [2.05, 4.69) is 19.7 Å². The normalized spacial score (nSPS) is 11.4. The molecule has 0 aliphatic carbocycles. The molecule has 3 aromatic rings. The van der Waals surface area contributed by atoms with Crippen LogP contribution in [-0.4, -0.2) is 46.8 Å². The summed E-state index contributed by atoms with van der Waals surface area (Å²) < 4.78 is 33.9. The molecule has 0 saturated heterocycles. The summed E-state index contributed by atoms with van der Waals surface area (Å²) >= 11 is 0. The average molecular weight is 373 g/mol. The molecular formula is C17H19N5O3S. The zero-order valence-electron chi connectivity index (χ0n) is 14.0. The molecule has 0 fully saturated rings. The van der Waals surface area contributed by atoms with Crippen molar-refractivity contribution in [1.29, 1.82) is 0 Å².